The molecule has 0 radical (unpaired) electrons. The normalized spacial score (nSPS) is 11.7. The van der Waals surface area contributed by atoms with E-state index in [4.69, 9.17) is 0 Å². The molecule has 3 rings (SSSR count). The summed E-state index contributed by atoms with van der Waals surface area (Å²) in [5.74, 6) is 0.452. The maximum absolute atomic E-state index is 12.4. The van der Waals surface area contributed by atoms with Crippen LogP contribution in [0.25, 0.3) is 0 Å². The molecule has 0 saturated heterocycles. The molecule has 1 aromatic heterocycles. The van der Waals surface area contributed by atoms with Gasteiger partial charge in [-0.3, -0.25) is 4.79 Å². The highest BCUT2D eigenvalue weighted by Crippen LogP contribution is 2.16. The molecule has 132 valence electrons. The Bertz CT molecular complexity index is 871. The lowest BCUT2D eigenvalue weighted by atomic mass is 10.1. The number of anilines is 2. The van der Waals surface area contributed by atoms with Gasteiger partial charge in [-0.25, -0.2) is 9.97 Å². The summed E-state index contributed by atoms with van der Waals surface area (Å²) in [5.41, 5.74) is 4.34. The van der Waals surface area contributed by atoms with Crippen LogP contribution >= 0.6 is 0 Å². The number of nitrogens with zero attached hydrogens (tertiary/aromatic N) is 2. The third-order valence-corrected chi connectivity index (χ3v) is 4.03. The number of hydrogen-bond acceptors (Lipinski definition) is 4. The SMILES string of the molecule is Cc1cc(C)nc(Nc2ccc(C(=O)NC(C)c3ccccc3)cc2)n1. The van der Waals surface area contributed by atoms with E-state index in [9.17, 15) is 4.79 Å². The van der Waals surface area contributed by atoms with Crippen LogP contribution < -0.4 is 10.6 Å². The topological polar surface area (TPSA) is 66.9 Å². The number of carbonyl (C=O) groups excluding carboxylic acids is 1. The number of benzene rings is 2. The summed E-state index contributed by atoms with van der Waals surface area (Å²) in [6.45, 7) is 5.84. The van der Waals surface area contributed by atoms with E-state index in [-0.39, 0.29) is 11.9 Å². The number of aromatic nitrogens is 2. The summed E-state index contributed by atoms with van der Waals surface area (Å²) in [6.07, 6.45) is 0. The van der Waals surface area contributed by atoms with Gasteiger partial charge in [-0.1, -0.05) is 30.3 Å². The van der Waals surface area contributed by atoms with Crippen molar-refractivity contribution in [1.29, 1.82) is 0 Å². The first-order valence-electron chi connectivity index (χ1n) is 8.56. The molecule has 0 aliphatic heterocycles. The predicted octanol–water partition coefficient (Wildman–Crippen LogP) is 4.33. The summed E-state index contributed by atoms with van der Waals surface area (Å²) in [5, 5.41) is 6.18. The molecule has 0 saturated carbocycles. The Balaban J connectivity index is 1.66. The van der Waals surface area contributed by atoms with Crippen LogP contribution in [0, 0.1) is 13.8 Å². The molecule has 0 aliphatic carbocycles. The zero-order valence-electron chi connectivity index (χ0n) is 15.2. The summed E-state index contributed by atoms with van der Waals surface area (Å²) in [7, 11) is 0. The highest BCUT2D eigenvalue weighted by Gasteiger charge is 2.11. The van der Waals surface area contributed by atoms with Gasteiger partial charge in [-0.05, 0) is 56.7 Å². The van der Waals surface area contributed by atoms with Crippen molar-refractivity contribution in [3.8, 4) is 0 Å². The van der Waals surface area contributed by atoms with E-state index in [1.807, 2.05) is 69.3 Å². The first-order valence-corrected chi connectivity index (χ1v) is 8.56. The first kappa shape index (κ1) is 17.6. The van der Waals surface area contributed by atoms with E-state index in [0.717, 1.165) is 22.6 Å². The summed E-state index contributed by atoms with van der Waals surface area (Å²) >= 11 is 0. The van der Waals surface area contributed by atoms with E-state index < -0.39 is 0 Å². The smallest absolute Gasteiger partial charge is 0.251 e. The molecule has 5 heteroatoms. The van der Waals surface area contributed by atoms with Gasteiger partial charge >= 0.3 is 0 Å². The minimum atomic E-state index is -0.101. The molecule has 2 aromatic carbocycles. The summed E-state index contributed by atoms with van der Waals surface area (Å²) < 4.78 is 0. The zero-order valence-corrected chi connectivity index (χ0v) is 15.2. The quantitative estimate of drug-likeness (QED) is 0.722. The van der Waals surface area contributed by atoms with E-state index in [2.05, 4.69) is 20.6 Å². The standard InChI is InChI=1S/C21H22N4O/c1-14-13-15(2)23-21(22-14)25-19-11-9-18(10-12-19)20(26)24-16(3)17-7-5-4-6-8-17/h4-13,16H,1-3H3,(H,24,26)(H,22,23,25). The van der Waals surface area contributed by atoms with Crippen LogP contribution in [0.2, 0.25) is 0 Å². The molecule has 0 spiro atoms. The van der Waals surface area contributed by atoms with Crippen molar-refractivity contribution in [3.05, 3.63) is 83.2 Å². The number of rotatable bonds is 5. The van der Waals surface area contributed by atoms with Gasteiger partial charge in [0.05, 0.1) is 6.04 Å². The van der Waals surface area contributed by atoms with Crippen molar-refractivity contribution in [2.45, 2.75) is 26.8 Å². The van der Waals surface area contributed by atoms with Crippen molar-refractivity contribution in [3.63, 3.8) is 0 Å². The number of nitrogens with one attached hydrogen (secondary N) is 2. The number of amides is 1. The number of carbonyl (C=O) groups is 1. The second kappa shape index (κ2) is 7.78. The molecule has 0 fully saturated rings. The summed E-state index contributed by atoms with van der Waals surface area (Å²) in [6, 6.07) is 19.0. The van der Waals surface area contributed by atoms with E-state index in [1.165, 1.54) is 0 Å². The molecular weight excluding hydrogens is 324 g/mol. The highest BCUT2D eigenvalue weighted by molar-refractivity contribution is 5.94. The lowest BCUT2D eigenvalue weighted by Crippen LogP contribution is -2.26. The molecule has 1 amide bonds. The number of aryl methyl sites for hydroxylation is 2. The molecule has 5 nitrogen and oxygen atoms in total. The van der Waals surface area contributed by atoms with Crippen molar-refractivity contribution in [1.82, 2.24) is 15.3 Å². The third-order valence-electron chi connectivity index (χ3n) is 4.03. The Morgan fingerprint density at radius 1 is 0.923 bits per heavy atom. The van der Waals surface area contributed by atoms with Gasteiger partial charge in [0.25, 0.3) is 5.91 Å². The molecular formula is C21H22N4O. The second-order valence-electron chi connectivity index (χ2n) is 6.28. The zero-order chi connectivity index (χ0) is 18.5. The fourth-order valence-corrected chi connectivity index (χ4v) is 2.72. The van der Waals surface area contributed by atoms with Gasteiger partial charge in [0.1, 0.15) is 0 Å². The lowest BCUT2D eigenvalue weighted by molar-refractivity contribution is 0.0940. The Morgan fingerprint density at radius 2 is 1.54 bits per heavy atom. The molecule has 2 N–H and O–H groups in total. The molecule has 3 aromatic rings. The summed E-state index contributed by atoms with van der Waals surface area (Å²) in [4.78, 5) is 21.1. The average molecular weight is 346 g/mol. The fourth-order valence-electron chi connectivity index (χ4n) is 2.72. The Hall–Kier alpha value is -3.21. The molecule has 1 heterocycles. The third kappa shape index (κ3) is 4.45. The lowest BCUT2D eigenvalue weighted by Gasteiger charge is -2.14. The molecule has 26 heavy (non-hydrogen) atoms. The number of hydrogen-bond donors (Lipinski definition) is 2. The van der Waals surface area contributed by atoms with Gasteiger partial charge in [0.15, 0.2) is 0 Å². The minimum Gasteiger partial charge on any atom is -0.346 e. The predicted molar refractivity (Wildman–Crippen MR) is 104 cm³/mol. The molecule has 1 unspecified atom stereocenters. The Kier molecular flexibility index (Phi) is 5.27. The van der Waals surface area contributed by atoms with Gasteiger partial charge in [-0.15, -0.1) is 0 Å². The van der Waals surface area contributed by atoms with Gasteiger partial charge in [-0.2, -0.15) is 0 Å². The van der Waals surface area contributed by atoms with Gasteiger partial charge in [0, 0.05) is 22.6 Å². The van der Waals surface area contributed by atoms with Gasteiger partial charge < -0.3 is 10.6 Å². The van der Waals surface area contributed by atoms with E-state index >= 15 is 0 Å². The van der Waals surface area contributed by atoms with E-state index in [1.54, 1.807) is 12.1 Å². The van der Waals surface area contributed by atoms with Crippen LogP contribution in [0.4, 0.5) is 11.6 Å². The van der Waals surface area contributed by atoms with Crippen molar-refractivity contribution >= 4 is 17.5 Å². The average Bonchev–Trinajstić information content (AvgIpc) is 2.62. The Labute approximate surface area is 153 Å². The Morgan fingerprint density at radius 3 is 2.15 bits per heavy atom. The van der Waals surface area contributed by atoms with Crippen LogP contribution in [0.1, 0.15) is 40.3 Å². The van der Waals surface area contributed by atoms with Crippen LogP contribution in [-0.2, 0) is 0 Å². The molecule has 1 atom stereocenters. The van der Waals surface area contributed by atoms with Crippen molar-refractivity contribution < 1.29 is 4.79 Å². The highest BCUT2D eigenvalue weighted by atomic mass is 16.1. The molecule has 0 aliphatic rings. The van der Waals surface area contributed by atoms with Crippen LogP contribution in [0.5, 0.6) is 0 Å². The fraction of sp³-hybridized carbons (Fsp3) is 0.190. The maximum Gasteiger partial charge on any atom is 0.251 e. The minimum absolute atomic E-state index is 0.0508. The first-order chi connectivity index (χ1) is 12.5. The van der Waals surface area contributed by atoms with Crippen molar-refractivity contribution in [2.75, 3.05) is 5.32 Å². The second-order valence-corrected chi connectivity index (χ2v) is 6.28. The largest absolute Gasteiger partial charge is 0.346 e. The van der Waals surface area contributed by atoms with Crippen LogP contribution in [0.3, 0.4) is 0 Å². The van der Waals surface area contributed by atoms with Crippen molar-refractivity contribution in [2.24, 2.45) is 0 Å². The van der Waals surface area contributed by atoms with Crippen LogP contribution in [-0.4, -0.2) is 15.9 Å². The van der Waals surface area contributed by atoms with Gasteiger partial charge in [0.2, 0.25) is 5.95 Å². The monoisotopic (exact) mass is 346 g/mol. The van der Waals surface area contributed by atoms with E-state index in [0.29, 0.717) is 11.5 Å². The van der Waals surface area contributed by atoms with Crippen LogP contribution in [0.15, 0.2) is 60.7 Å². The molecule has 0 bridgehead atoms. The maximum atomic E-state index is 12.4.